The van der Waals surface area contributed by atoms with E-state index in [1.807, 2.05) is 38.1 Å². The van der Waals surface area contributed by atoms with Crippen LogP contribution in [0.2, 0.25) is 0 Å². The van der Waals surface area contributed by atoms with Crippen LogP contribution in [0.1, 0.15) is 61.9 Å². The molecule has 0 atom stereocenters. The number of hydrogen-bond donors (Lipinski definition) is 2. The van der Waals surface area contributed by atoms with Crippen LogP contribution in [0.3, 0.4) is 0 Å². The summed E-state index contributed by atoms with van der Waals surface area (Å²) in [6.07, 6.45) is 6.12. The van der Waals surface area contributed by atoms with Gasteiger partial charge in [-0.05, 0) is 57.2 Å². The predicted octanol–water partition coefficient (Wildman–Crippen LogP) is 3.06. The van der Waals surface area contributed by atoms with Gasteiger partial charge in [0.05, 0.1) is 5.60 Å². The van der Waals surface area contributed by atoms with Crippen molar-refractivity contribution in [3.8, 4) is 0 Å². The molecule has 1 saturated carbocycles. The van der Waals surface area contributed by atoms with Crippen molar-refractivity contribution in [2.24, 2.45) is 0 Å². The molecule has 1 aliphatic carbocycles. The number of carbonyl (C=O) groups excluding carboxylic acids is 1. The Labute approximate surface area is 121 Å². The molecule has 0 heterocycles. The first-order chi connectivity index (χ1) is 9.44. The van der Waals surface area contributed by atoms with Crippen LogP contribution in [0.25, 0.3) is 0 Å². The van der Waals surface area contributed by atoms with E-state index in [4.69, 9.17) is 0 Å². The second kappa shape index (κ2) is 6.40. The minimum absolute atomic E-state index is 0.0296. The molecular weight excluding hydrogens is 250 g/mol. The number of carbonyl (C=O) groups is 1. The Hall–Kier alpha value is -1.35. The molecule has 0 bridgehead atoms. The normalized spacial score (nSPS) is 16.4. The molecule has 3 heteroatoms. The third-order valence-corrected chi connectivity index (χ3v) is 3.91. The Kier molecular flexibility index (Phi) is 4.81. The van der Waals surface area contributed by atoms with Crippen molar-refractivity contribution in [1.82, 2.24) is 5.32 Å². The van der Waals surface area contributed by atoms with Gasteiger partial charge >= 0.3 is 0 Å². The molecule has 0 unspecified atom stereocenters. The maximum Gasteiger partial charge on any atom is 0.251 e. The summed E-state index contributed by atoms with van der Waals surface area (Å²) in [5.41, 5.74) is 1.17. The van der Waals surface area contributed by atoms with E-state index in [0.717, 1.165) is 30.4 Å². The molecule has 20 heavy (non-hydrogen) atoms. The van der Waals surface area contributed by atoms with Crippen LogP contribution >= 0.6 is 0 Å². The van der Waals surface area contributed by atoms with Gasteiger partial charge in [-0.3, -0.25) is 4.79 Å². The van der Waals surface area contributed by atoms with Crippen LogP contribution < -0.4 is 5.32 Å². The van der Waals surface area contributed by atoms with Crippen molar-refractivity contribution >= 4 is 5.91 Å². The fourth-order valence-corrected chi connectivity index (χ4v) is 2.66. The van der Waals surface area contributed by atoms with E-state index in [-0.39, 0.29) is 5.91 Å². The monoisotopic (exact) mass is 275 g/mol. The summed E-state index contributed by atoms with van der Waals surface area (Å²) in [4.78, 5) is 12.2. The minimum Gasteiger partial charge on any atom is -0.390 e. The van der Waals surface area contributed by atoms with Crippen LogP contribution in [0, 0.1) is 0 Å². The van der Waals surface area contributed by atoms with Gasteiger partial charge in [0, 0.05) is 11.6 Å². The Morgan fingerprint density at radius 3 is 2.70 bits per heavy atom. The summed E-state index contributed by atoms with van der Waals surface area (Å²) in [5.74, 6) is 0.0296. The summed E-state index contributed by atoms with van der Waals surface area (Å²) in [7, 11) is 0. The lowest BCUT2D eigenvalue weighted by Crippen LogP contribution is -2.32. The van der Waals surface area contributed by atoms with E-state index in [1.165, 1.54) is 12.8 Å². The number of rotatable bonds is 5. The highest BCUT2D eigenvalue weighted by Crippen LogP contribution is 2.19. The lowest BCUT2D eigenvalue weighted by atomic mass is 9.98. The maximum atomic E-state index is 12.2. The van der Waals surface area contributed by atoms with Gasteiger partial charge < -0.3 is 10.4 Å². The van der Waals surface area contributed by atoms with Crippen molar-refractivity contribution < 1.29 is 9.90 Å². The first-order valence-electron chi connectivity index (χ1n) is 7.56. The molecule has 0 aliphatic heterocycles. The number of hydrogen-bond acceptors (Lipinski definition) is 2. The highest BCUT2D eigenvalue weighted by Gasteiger charge is 2.18. The third-order valence-electron chi connectivity index (χ3n) is 3.91. The zero-order chi connectivity index (χ0) is 14.6. The molecule has 1 fully saturated rings. The van der Waals surface area contributed by atoms with Gasteiger partial charge in [-0.25, -0.2) is 0 Å². The molecule has 110 valence electrons. The summed E-state index contributed by atoms with van der Waals surface area (Å²) in [5, 5.41) is 12.9. The van der Waals surface area contributed by atoms with E-state index >= 15 is 0 Å². The second-order valence-electron chi connectivity index (χ2n) is 6.47. The molecule has 0 saturated heterocycles. The zero-order valence-electron chi connectivity index (χ0n) is 12.5. The lowest BCUT2D eigenvalue weighted by molar-refractivity contribution is 0.0714. The van der Waals surface area contributed by atoms with Crippen LogP contribution in [-0.2, 0) is 6.42 Å². The first-order valence-corrected chi connectivity index (χ1v) is 7.56. The topological polar surface area (TPSA) is 49.3 Å². The van der Waals surface area contributed by atoms with Crippen LogP contribution in [0.15, 0.2) is 24.3 Å². The van der Waals surface area contributed by atoms with Crippen molar-refractivity contribution in [3.05, 3.63) is 35.4 Å². The van der Waals surface area contributed by atoms with Crippen LogP contribution in [0.5, 0.6) is 0 Å². The molecular formula is C17H25NO2. The summed E-state index contributed by atoms with van der Waals surface area (Å²) in [6.45, 7) is 3.62. The average molecular weight is 275 g/mol. The molecule has 2 rings (SSSR count). The lowest BCUT2D eigenvalue weighted by Gasteiger charge is -2.17. The number of aliphatic hydroxyl groups is 1. The quantitative estimate of drug-likeness (QED) is 0.867. The predicted molar refractivity (Wildman–Crippen MR) is 80.8 cm³/mol. The summed E-state index contributed by atoms with van der Waals surface area (Å²) >= 11 is 0. The zero-order valence-corrected chi connectivity index (χ0v) is 12.5. The number of nitrogens with one attached hydrogen (secondary N) is 1. The molecule has 3 nitrogen and oxygen atoms in total. The van der Waals surface area contributed by atoms with Crippen LogP contribution in [0.4, 0.5) is 0 Å². The van der Waals surface area contributed by atoms with Gasteiger partial charge in [-0.1, -0.05) is 25.0 Å². The molecule has 1 amide bonds. The SMILES string of the molecule is CC(C)(O)CCc1cccc(C(=O)NC2CCCC2)c1. The Morgan fingerprint density at radius 2 is 2.05 bits per heavy atom. The second-order valence-corrected chi connectivity index (χ2v) is 6.47. The fourth-order valence-electron chi connectivity index (χ4n) is 2.66. The molecule has 1 aliphatic rings. The highest BCUT2D eigenvalue weighted by atomic mass is 16.3. The average Bonchev–Trinajstić information content (AvgIpc) is 2.89. The Balaban J connectivity index is 1.95. The number of benzene rings is 1. The summed E-state index contributed by atoms with van der Waals surface area (Å²) < 4.78 is 0. The molecule has 2 N–H and O–H groups in total. The molecule has 0 spiro atoms. The van der Waals surface area contributed by atoms with Crippen molar-refractivity contribution in [3.63, 3.8) is 0 Å². The smallest absolute Gasteiger partial charge is 0.251 e. The molecule has 1 aromatic carbocycles. The van der Waals surface area contributed by atoms with E-state index < -0.39 is 5.60 Å². The molecule has 0 aromatic heterocycles. The highest BCUT2D eigenvalue weighted by molar-refractivity contribution is 5.94. The third kappa shape index (κ3) is 4.64. The van der Waals surface area contributed by atoms with Gasteiger partial charge in [0.1, 0.15) is 0 Å². The number of aryl methyl sites for hydroxylation is 1. The minimum atomic E-state index is -0.665. The largest absolute Gasteiger partial charge is 0.390 e. The Morgan fingerprint density at radius 1 is 1.35 bits per heavy atom. The van der Waals surface area contributed by atoms with Gasteiger partial charge in [-0.2, -0.15) is 0 Å². The Bertz CT molecular complexity index is 456. The maximum absolute atomic E-state index is 12.2. The molecule has 0 radical (unpaired) electrons. The van der Waals surface area contributed by atoms with Crippen LogP contribution in [-0.4, -0.2) is 22.7 Å². The molecule has 1 aromatic rings. The van der Waals surface area contributed by atoms with Crippen molar-refractivity contribution in [2.45, 2.75) is 64.0 Å². The first kappa shape index (κ1) is 15.0. The van der Waals surface area contributed by atoms with Crippen molar-refractivity contribution in [1.29, 1.82) is 0 Å². The van der Waals surface area contributed by atoms with Gasteiger partial charge in [0.25, 0.3) is 5.91 Å². The van der Waals surface area contributed by atoms with E-state index in [0.29, 0.717) is 12.5 Å². The van der Waals surface area contributed by atoms with E-state index in [9.17, 15) is 9.90 Å². The van der Waals surface area contributed by atoms with Gasteiger partial charge in [0.15, 0.2) is 0 Å². The fraction of sp³-hybridized carbons (Fsp3) is 0.588. The number of amides is 1. The van der Waals surface area contributed by atoms with E-state index in [2.05, 4.69) is 5.32 Å². The van der Waals surface area contributed by atoms with E-state index in [1.54, 1.807) is 0 Å². The van der Waals surface area contributed by atoms with Gasteiger partial charge in [0.2, 0.25) is 0 Å². The standard InChI is InChI=1S/C17H25NO2/c1-17(2,20)11-10-13-6-5-7-14(12-13)16(19)18-15-8-3-4-9-15/h5-7,12,15,20H,3-4,8-11H2,1-2H3,(H,18,19). The van der Waals surface area contributed by atoms with Crippen molar-refractivity contribution in [2.75, 3.05) is 0 Å². The van der Waals surface area contributed by atoms with Gasteiger partial charge in [-0.15, -0.1) is 0 Å². The summed E-state index contributed by atoms with van der Waals surface area (Å²) in [6, 6.07) is 8.08.